The monoisotopic (exact) mass is 401 g/mol. The molecular weight excluding hydrogens is 385 g/mol. The van der Waals surface area contributed by atoms with Crippen molar-refractivity contribution in [2.75, 3.05) is 4.90 Å². The van der Waals surface area contributed by atoms with Gasteiger partial charge in [0.25, 0.3) is 11.6 Å². The van der Waals surface area contributed by atoms with Gasteiger partial charge in [-0.3, -0.25) is 19.8 Å². The summed E-state index contributed by atoms with van der Waals surface area (Å²) in [5, 5.41) is 10.8. The molecule has 4 rings (SSSR count). The summed E-state index contributed by atoms with van der Waals surface area (Å²) in [6, 6.07) is 19.2. The Hall–Kier alpha value is -4.13. The van der Waals surface area contributed by atoms with E-state index in [0.29, 0.717) is 11.3 Å². The van der Waals surface area contributed by atoms with Crippen molar-refractivity contribution >= 4 is 29.2 Å². The molecule has 0 saturated heterocycles. The lowest BCUT2D eigenvalue weighted by molar-refractivity contribution is -0.384. The van der Waals surface area contributed by atoms with E-state index >= 15 is 0 Å². The molecule has 0 spiro atoms. The number of benzene rings is 3. The average molecular weight is 401 g/mol. The van der Waals surface area contributed by atoms with Crippen LogP contribution in [0.4, 0.5) is 15.8 Å². The van der Waals surface area contributed by atoms with Crippen LogP contribution in [0.1, 0.15) is 16.7 Å². The molecule has 0 unspecified atom stereocenters. The molecule has 0 radical (unpaired) electrons. The number of rotatable bonds is 4. The third kappa shape index (κ3) is 3.60. The van der Waals surface area contributed by atoms with Crippen LogP contribution in [-0.4, -0.2) is 16.7 Å². The molecule has 30 heavy (non-hydrogen) atoms. The van der Waals surface area contributed by atoms with Gasteiger partial charge in [0.1, 0.15) is 11.5 Å². The van der Waals surface area contributed by atoms with Gasteiger partial charge in [-0.2, -0.15) is 0 Å². The number of carbonyl (C=O) groups is 1. The van der Waals surface area contributed by atoms with Crippen molar-refractivity contribution in [3.05, 3.63) is 111 Å². The summed E-state index contributed by atoms with van der Waals surface area (Å²) in [4.78, 5) is 29.3. The van der Waals surface area contributed by atoms with E-state index in [1.807, 2.05) is 25.1 Å². The number of amidine groups is 1. The highest BCUT2D eigenvalue weighted by Gasteiger charge is 2.33. The topological polar surface area (TPSA) is 75.8 Å². The standard InChI is InChI=1S/C23H16FN3O3/c1-15-5-4-6-18(13-15)26-22(19-7-2-3-8-20(19)24)25-21(23(26)28)14-16-9-11-17(12-10-16)27(29)30/h2-14H,1H3/b21-14+. The summed E-state index contributed by atoms with van der Waals surface area (Å²) < 4.78 is 14.5. The number of hydrogen-bond acceptors (Lipinski definition) is 4. The lowest BCUT2D eigenvalue weighted by Crippen LogP contribution is -2.33. The Morgan fingerprint density at radius 2 is 1.77 bits per heavy atom. The van der Waals surface area contributed by atoms with Crippen molar-refractivity contribution < 1.29 is 14.1 Å². The Morgan fingerprint density at radius 1 is 1.03 bits per heavy atom. The number of anilines is 1. The minimum absolute atomic E-state index is 0.0492. The number of aliphatic imine (C=N–C) groups is 1. The lowest BCUT2D eigenvalue weighted by atomic mass is 10.1. The van der Waals surface area contributed by atoms with Crippen molar-refractivity contribution in [1.82, 2.24) is 0 Å². The first kappa shape index (κ1) is 19.2. The van der Waals surface area contributed by atoms with Gasteiger partial charge in [0.15, 0.2) is 5.84 Å². The highest BCUT2D eigenvalue weighted by molar-refractivity contribution is 6.33. The molecule has 1 aliphatic heterocycles. The molecular formula is C23H16FN3O3. The molecule has 0 aromatic heterocycles. The molecule has 1 aliphatic rings. The summed E-state index contributed by atoms with van der Waals surface area (Å²) >= 11 is 0. The molecule has 0 bridgehead atoms. The highest BCUT2D eigenvalue weighted by Crippen LogP contribution is 2.29. The van der Waals surface area contributed by atoms with Crippen LogP contribution < -0.4 is 4.90 Å². The number of nitro benzene ring substituents is 1. The molecule has 3 aromatic carbocycles. The van der Waals surface area contributed by atoms with Gasteiger partial charge < -0.3 is 0 Å². The number of hydrogen-bond donors (Lipinski definition) is 0. The van der Waals surface area contributed by atoms with Crippen LogP contribution in [0.15, 0.2) is 83.5 Å². The normalized spacial score (nSPS) is 14.9. The van der Waals surface area contributed by atoms with E-state index < -0.39 is 16.6 Å². The molecule has 6 nitrogen and oxygen atoms in total. The van der Waals surface area contributed by atoms with Gasteiger partial charge in [0.2, 0.25) is 0 Å². The molecule has 0 aliphatic carbocycles. The Bertz CT molecular complexity index is 1220. The number of amides is 1. The van der Waals surface area contributed by atoms with Gasteiger partial charge >= 0.3 is 0 Å². The van der Waals surface area contributed by atoms with Crippen LogP contribution in [0, 0.1) is 22.9 Å². The van der Waals surface area contributed by atoms with Gasteiger partial charge in [-0.15, -0.1) is 0 Å². The number of non-ortho nitro benzene ring substituents is 1. The summed E-state index contributed by atoms with van der Waals surface area (Å²) in [6.07, 6.45) is 1.53. The summed E-state index contributed by atoms with van der Waals surface area (Å²) in [5.41, 5.74) is 2.37. The molecule has 0 N–H and O–H groups in total. The van der Waals surface area contributed by atoms with E-state index in [1.165, 1.54) is 41.3 Å². The van der Waals surface area contributed by atoms with Crippen LogP contribution in [0.5, 0.6) is 0 Å². The van der Waals surface area contributed by atoms with Crippen LogP contribution in [0.2, 0.25) is 0 Å². The summed E-state index contributed by atoms with van der Waals surface area (Å²) in [7, 11) is 0. The van der Waals surface area contributed by atoms with E-state index in [9.17, 15) is 19.3 Å². The predicted octanol–water partition coefficient (Wildman–Crippen LogP) is 4.88. The maximum atomic E-state index is 14.5. The molecule has 0 atom stereocenters. The van der Waals surface area contributed by atoms with Crippen molar-refractivity contribution in [3.63, 3.8) is 0 Å². The summed E-state index contributed by atoms with van der Waals surface area (Å²) in [6.45, 7) is 1.90. The Morgan fingerprint density at radius 3 is 2.43 bits per heavy atom. The van der Waals surface area contributed by atoms with Gasteiger partial charge in [-0.05, 0) is 60.5 Å². The average Bonchev–Trinajstić information content (AvgIpc) is 3.04. The lowest BCUT2D eigenvalue weighted by Gasteiger charge is -2.19. The molecule has 1 heterocycles. The van der Waals surface area contributed by atoms with E-state index in [0.717, 1.165) is 5.56 Å². The number of nitrogens with zero attached hydrogens (tertiary/aromatic N) is 3. The minimum Gasteiger partial charge on any atom is -0.266 e. The van der Waals surface area contributed by atoms with Crippen molar-refractivity contribution in [3.8, 4) is 0 Å². The fourth-order valence-electron chi connectivity index (χ4n) is 3.20. The maximum absolute atomic E-state index is 14.5. The fraction of sp³-hybridized carbons (Fsp3) is 0.0435. The largest absolute Gasteiger partial charge is 0.282 e. The number of carbonyl (C=O) groups excluding carboxylic acids is 1. The van der Waals surface area contributed by atoms with E-state index in [2.05, 4.69) is 4.99 Å². The van der Waals surface area contributed by atoms with Crippen LogP contribution in [0.3, 0.4) is 0 Å². The van der Waals surface area contributed by atoms with Gasteiger partial charge in [0, 0.05) is 12.1 Å². The quantitative estimate of drug-likeness (QED) is 0.355. The highest BCUT2D eigenvalue weighted by atomic mass is 19.1. The smallest absolute Gasteiger partial charge is 0.266 e. The van der Waals surface area contributed by atoms with E-state index in [1.54, 1.807) is 24.3 Å². The van der Waals surface area contributed by atoms with E-state index in [-0.39, 0.29) is 22.8 Å². The molecule has 148 valence electrons. The molecule has 0 fully saturated rings. The Balaban J connectivity index is 1.82. The first-order valence-corrected chi connectivity index (χ1v) is 9.15. The zero-order valence-corrected chi connectivity index (χ0v) is 15.9. The predicted molar refractivity (Wildman–Crippen MR) is 113 cm³/mol. The molecule has 0 saturated carbocycles. The van der Waals surface area contributed by atoms with Crippen LogP contribution in [-0.2, 0) is 4.79 Å². The fourth-order valence-corrected chi connectivity index (χ4v) is 3.20. The minimum atomic E-state index is -0.494. The zero-order chi connectivity index (χ0) is 21.3. The van der Waals surface area contributed by atoms with Crippen molar-refractivity contribution in [2.45, 2.75) is 6.92 Å². The third-order valence-electron chi connectivity index (χ3n) is 4.64. The van der Waals surface area contributed by atoms with Gasteiger partial charge in [0.05, 0.1) is 16.2 Å². The zero-order valence-electron chi connectivity index (χ0n) is 15.9. The molecule has 7 heteroatoms. The van der Waals surface area contributed by atoms with Gasteiger partial charge in [-0.25, -0.2) is 9.38 Å². The number of aryl methyl sites for hydroxylation is 1. The third-order valence-corrected chi connectivity index (χ3v) is 4.64. The van der Waals surface area contributed by atoms with Crippen molar-refractivity contribution in [1.29, 1.82) is 0 Å². The molecule has 3 aromatic rings. The van der Waals surface area contributed by atoms with Crippen LogP contribution in [0.25, 0.3) is 6.08 Å². The van der Waals surface area contributed by atoms with Gasteiger partial charge in [-0.1, -0.05) is 24.3 Å². The van der Waals surface area contributed by atoms with E-state index in [4.69, 9.17) is 0 Å². The number of nitro groups is 1. The Labute approximate surface area is 171 Å². The second-order valence-electron chi connectivity index (χ2n) is 6.77. The maximum Gasteiger partial charge on any atom is 0.282 e. The second kappa shape index (κ2) is 7.71. The Kier molecular flexibility index (Phi) is 4.93. The van der Waals surface area contributed by atoms with Crippen LogP contribution >= 0.6 is 0 Å². The first-order valence-electron chi connectivity index (χ1n) is 9.15. The first-order chi connectivity index (χ1) is 14.4. The summed E-state index contributed by atoms with van der Waals surface area (Å²) in [5.74, 6) is -0.702. The number of halogens is 1. The SMILES string of the molecule is Cc1cccc(N2C(=O)/C(=C\c3ccc([N+](=O)[O-])cc3)N=C2c2ccccc2F)c1. The van der Waals surface area contributed by atoms with Crippen molar-refractivity contribution in [2.24, 2.45) is 4.99 Å². The molecule has 1 amide bonds. The second-order valence-corrected chi connectivity index (χ2v) is 6.77.